The van der Waals surface area contributed by atoms with Gasteiger partial charge in [-0.2, -0.15) is 0 Å². The first-order chi connectivity index (χ1) is 16.1. The van der Waals surface area contributed by atoms with Crippen LogP contribution < -0.4 is 9.05 Å². The first-order valence-corrected chi connectivity index (χ1v) is 15.6. The van der Waals surface area contributed by atoms with Crippen LogP contribution >= 0.6 is 6.29 Å². The SMILES string of the molecule is CC([Se]P1(=O)Oc2ccc3ccccc3c2-c2c(ccc3ccccc23)O1)c1ccccc1. The summed E-state index contributed by atoms with van der Waals surface area (Å²) in [5, 5.41) is 4.35. The minimum absolute atomic E-state index is 0.0791. The predicted octanol–water partition coefficient (Wildman–Crippen LogP) is 8.00. The summed E-state index contributed by atoms with van der Waals surface area (Å²) in [5.41, 5.74) is 3.03. The number of benzene rings is 5. The second-order valence-corrected chi connectivity index (χ2v) is 15.2. The zero-order chi connectivity index (χ0) is 22.4. The Hall–Kier alpha value is -3.03. The van der Waals surface area contributed by atoms with Gasteiger partial charge in [0.1, 0.15) is 0 Å². The molecule has 6 rings (SSSR count). The molecule has 5 aromatic carbocycles. The van der Waals surface area contributed by atoms with Crippen molar-refractivity contribution in [1.82, 2.24) is 0 Å². The van der Waals surface area contributed by atoms with E-state index >= 15 is 0 Å². The van der Waals surface area contributed by atoms with Crippen LogP contribution in [0.4, 0.5) is 0 Å². The van der Waals surface area contributed by atoms with Gasteiger partial charge in [-0.25, -0.2) is 0 Å². The minimum atomic E-state index is -3.44. The van der Waals surface area contributed by atoms with Crippen molar-refractivity contribution in [1.29, 1.82) is 0 Å². The molecule has 0 aliphatic carbocycles. The molecular formula is C28H21O3PSe. The fourth-order valence-electron chi connectivity index (χ4n) is 4.45. The van der Waals surface area contributed by atoms with Crippen LogP contribution in [0.5, 0.6) is 11.5 Å². The van der Waals surface area contributed by atoms with E-state index in [1.807, 2.05) is 66.7 Å². The van der Waals surface area contributed by atoms with Crippen LogP contribution in [0, 0.1) is 0 Å². The van der Waals surface area contributed by atoms with Gasteiger partial charge in [0.25, 0.3) is 0 Å². The van der Waals surface area contributed by atoms with Crippen molar-refractivity contribution in [3.05, 3.63) is 109 Å². The molecule has 0 saturated heterocycles. The molecule has 0 saturated carbocycles. The third kappa shape index (κ3) is 3.65. The second kappa shape index (κ2) is 8.08. The van der Waals surface area contributed by atoms with Crippen LogP contribution in [0.1, 0.15) is 17.3 Å². The van der Waals surface area contributed by atoms with E-state index in [0.29, 0.717) is 11.5 Å². The van der Waals surface area contributed by atoms with Gasteiger partial charge in [-0.3, -0.25) is 0 Å². The average Bonchev–Trinajstić information content (AvgIpc) is 2.98. The van der Waals surface area contributed by atoms with E-state index < -0.39 is 20.8 Å². The maximum atomic E-state index is 14.2. The van der Waals surface area contributed by atoms with Crippen LogP contribution in [0.25, 0.3) is 32.7 Å². The molecular weight excluding hydrogens is 494 g/mol. The Morgan fingerprint density at radius 2 is 1.12 bits per heavy atom. The summed E-state index contributed by atoms with van der Waals surface area (Å²) in [5.74, 6) is 1.24. The van der Waals surface area contributed by atoms with Gasteiger partial charge < -0.3 is 0 Å². The van der Waals surface area contributed by atoms with Crippen molar-refractivity contribution in [2.45, 2.75) is 11.7 Å². The molecule has 1 atom stereocenters. The topological polar surface area (TPSA) is 35.5 Å². The summed E-state index contributed by atoms with van der Waals surface area (Å²) in [6.07, 6.45) is -3.44. The van der Waals surface area contributed by atoms with Crippen LogP contribution in [0.3, 0.4) is 0 Å². The molecule has 1 heterocycles. The van der Waals surface area contributed by atoms with Gasteiger partial charge >= 0.3 is 199 Å². The van der Waals surface area contributed by atoms with Gasteiger partial charge in [0.15, 0.2) is 0 Å². The predicted molar refractivity (Wildman–Crippen MR) is 136 cm³/mol. The van der Waals surface area contributed by atoms with E-state index in [0.717, 1.165) is 38.2 Å². The summed E-state index contributed by atoms with van der Waals surface area (Å²) < 4.78 is 26.9. The van der Waals surface area contributed by atoms with Crippen molar-refractivity contribution >= 4 is 42.3 Å². The van der Waals surface area contributed by atoms with Gasteiger partial charge in [0.05, 0.1) is 0 Å². The van der Waals surface area contributed by atoms with Crippen molar-refractivity contribution in [3.63, 3.8) is 0 Å². The standard InChI is InChI=1S/C28H21O3PSe/c1-19(20-9-3-2-4-10-20)33-32(29)30-25-17-15-21-11-5-7-13-23(21)27(25)28-24-14-8-6-12-22(24)16-18-26(28)31-32/h2-19H,1H3. The van der Waals surface area contributed by atoms with E-state index in [4.69, 9.17) is 9.05 Å². The number of fused-ring (bicyclic) bond motifs is 7. The van der Waals surface area contributed by atoms with Gasteiger partial charge in [-0.15, -0.1) is 0 Å². The summed E-state index contributed by atoms with van der Waals surface area (Å²) in [6.45, 7) is 2.09. The van der Waals surface area contributed by atoms with Crippen LogP contribution in [-0.2, 0) is 4.57 Å². The zero-order valence-corrected chi connectivity index (χ0v) is 20.6. The fraction of sp³-hybridized carbons (Fsp3) is 0.0714. The summed E-state index contributed by atoms with van der Waals surface area (Å²) in [6, 6.07) is 34.6. The molecule has 0 radical (unpaired) electrons. The second-order valence-electron chi connectivity index (χ2n) is 8.11. The zero-order valence-electron chi connectivity index (χ0n) is 18.0. The molecule has 1 aliphatic rings. The third-order valence-electron chi connectivity index (χ3n) is 6.01. The van der Waals surface area contributed by atoms with E-state index in [9.17, 15) is 4.57 Å². The first kappa shape index (κ1) is 20.6. The van der Waals surface area contributed by atoms with E-state index in [2.05, 4.69) is 43.3 Å². The molecule has 0 amide bonds. The maximum absolute atomic E-state index is 14.2. The Balaban J connectivity index is 1.58. The van der Waals surface area contributed by atoms with Gasteiger partial charge in [0.2, 0.25) is 0 Å². The molecule has 0 spiro atoms. The number of hydrogen-bond acceptors (Lipinski definition) is 3. The summed E-state index contributed by atoms with van der Waals surface area (Å²) in [7, 11) is 0. The van der Waals surface area contributed by atoms with E-state index in [1.165, 1.54) is 0 Å². The molecule has 1 unspecified atom stereocenters. The quantitative estimate of drug-likeness (QED) is 0.180. The Bertz CT molecular complexity index is 1460. The first-order valence-electron chi connectivity index (χ1n) is 10.9. The number of rotatable bonds is 3. The van der Waals surface area contributed by atoms with Crippen molar-refractivity contribution < 1.29 is 13.6 Å². The Labute approximate surface area is 198 Å². The van der Waals surface area contributed by atoms with Crippen LogP contribution in [0.2, 0.25) is 0 Å². The summed E-state index contributed by atoms with van der Waals surface area (Å²) in [4.78, 5) is 0.0791. The average molecular weight is 515 g/mol. The van der Waals surface area contributed by atoms with Crippen molar-refractivity contribution in [2.24, 2.45) is 0 Å². The number of hydrogen-bond donors (Lipinski definition) is 0. The monoisotopic (exact) mass is 516 g/mol. The molecule has 0 aromatic heterocycles. The molecule has 0 bridgehead atoms. The van der Waals surface area contributed by atoms with E-state index in [-0.39, 0.29) is 4.82 Å². The van der Waals surface area contributed by atoms with Crippen LogP contribution in [0.15, 0.2) is 103 Å². The molecule has 162 valence electrons. The fourth-order valence-corrected chi connectivity index (χ4v) is 11.0. The molecule has 0 N–H and O–H groups in total. The van der Waals surface area contributed by atoms with Crippen LogP contribution in [-0.4, -0.2) is 14.5 Å². The Morgan fingerprint density at radius 1 is 0.636 bits per heavy atom. The Morgan fingerprint density at radius 3 is 1.67 bits per heavy atom. The molecule has 5 aromatic rings. The summed E-state index contributed by atoms with van der Waals surface area (Å²) >= 11 is -0.426. The third-order valence-corrected chi connectivity index (χ3v) is 12.5. The molecule has 0 fully saturated rings. The Kier molecular flexibility index (Phi) is 5.03. The molecule has 33 heavy (non-hydrogen) atoms. The molecule has 5 heteroatoms. The molecule has 1 aliphatic heterocycles. The normalized spacial score (nSPS) is 15.1. The van der Waals surface area contributed by atoms with Gasteiger partial charge in [-0.05, 0) is 0 Å². The van der Waals surface area contributed by atoms with Crippen molar-refractivity contribution in [3.8, 4) is 22.6 Å². The van der Waals surface area contributed by atoms with Gasteiger partial charge in [-0.1, -0.05) is 0 Å². The van der Waals surface area contributed by atoms with E-state index in [1.54, 1.807) is 0 Å². The van der Waals surface area contributed by atoms with Crippen molar-refractivity contribution in [2.75, 3.05) is 0 Å². The molecule has 3 nitrogen and oxygen atoms in total. The van der Waals surface area contributed by atoms with Gasteiger partial charge in [0, 0.05) is 0 Å².